The smallest absolute Gasteiger partial charge is 0.313 e. The highest BCUT2D eigenvalue weighted by molar-refractivity contribution is 5.77. The van der Waals surface area contributed by atoms with Crippen molar-refractivity contribution in [1.82, 2.24) is 0 Å². The van der Waals surface area contributed by atoms with Gasteiger partial charge in [0.25, 0.3) is 0 Å². The van der Waals surface area contributed by atoms with E-state index in [-0.39, 0.29) is 40.2 Å². The molecule has 6 unspecified atom stereocenters. The molecule has 4 aliphatic carbocycles. The lowest BCUT2D eigenvalue weighted by Gasteiger charge is -2.57. The molecule has 0 N–H and O–H groups in total. The summed E-state index contributed by atoms with van der Waals surface area (Å²) in [6.07, 6.45) is 11.2. The van der Waals surface area contributed by atoms with Crippen LogP contribution in [0.3, 0.4) is 0 Å². The molecule has 0 aromatic carbocycles. The maximum atomic E-state index is 13.1. The highest BCUT2D eigenvalue weighted by Crippen LogP contribution is 2.69. The van der Waals surface area contributed by atoms with Gasteiger partial charge in [-0.05, 0) is 38.0 Å². The molecular formula is C26H34O6. The van der Waals surface area contributed by atoms with Gasteiger partial charge in [-0.1, -0.05) is 37.1 Å². The van der Waals surface area contributed by atoms with Gasteiger partial charge in [-0.15, -0.1) is 0 Å². The fourth-order valence-electron chi connectivity index (χ4n) is 8.32. The molecule has 0 aromatic rings. The maximum absolute atomic E-state index is 13.1. The summed E-state index contributed by atoms with van der Waals surface area (Å²) >= 11 is 0. The van der Waals surface area contributed by atoms with E-state index in [1.54, 1.807) is 0 Å². The highest BCUT2D eigenvalue weighted by Gasteiger charge is 2.67. The van der Waals surface area contributed by atoms with E-state index >= 15 is 0 Å². The van der Waals surface area contributed by atoms with Gasteiger partial charge in [-0.3, -0.25) is 9.59 Å². The second-order valence-corrected chi connectivity index (χ2v) is 11.3. The minimum atomic E-state index is -0.530. The van der Waals surface area contributed by atoms with E-state index < -0.39 is 5.79 Å². The molecule has 4 fully saturated rings. The van der Waals surface area contributed by atoms with E-state index in [0.717, 1.165) is 38.5 Å². The number of carbonyl (C=O) groups excluding carboxylic acids is 2. The Balaban J connectivity index is 1.44. The van der Waals surface area contributed by atoms with Gasteiger partial charge in [0.2, 0.25) is 0 Å². The first-order chi connectivity index (χ1) is 15.3. The molecule has 32 heavy (non-hydrogen) atoms. The SMILES string of the molecule is COC(=O)C1C=C2CC3(CCC2(C)C2=CCC4(C)C(CCC45CCC(=O)O5)C21)OCCO3. The third kappa shape index (κ3) is 2.54. The van der Waals surface area contributed by atoms with Crippen molar-refractivity contribution >= 4 is 11.9 Å². The van der Waals surface area contributed by atoms with E-state index in [9.17, 15) is 9.59 Å². The number of allylic oxidation sites excluding steroid dienone is 2. The summed E-state index contributed by atoms with van der Waals surface area (Å²) < 4.78 is 23.5. The quantitative estimate of drug-likeness (QED) is 0.450. The number of carbonyl (C=O) groups is 2. The first kappa shape index (κ1) is 20.9. The van der Waals surface area contributed by atoms with Crippen molar-refractivity contribution in [2.75, 3.05) is 20.3 Å². The molecule has 2 saturated carbocycles. The van der Waals surface area contributed by atoms with E-state index in [1.165, 1.54) is 18.3 Å². The zero-order valence-electron chi connectivity index (χ0n) is 19.4. The molecule has 2 spiro atoms. The molecule has 0 bridgehead atoms. The van der Waals surface area contributed by atoms with Crippen molar-refractivity contribution < 1.29 is 28.5 Å². The van der Waals surface area contributed by atoms with Crippen LogP contribution in [0.25, 0.3) is 0 Å². The molecule has 2 saturated heterocycles. The second-order valence-electron chi connectivity index (χ2n) is 11.3. The van der Waals surface area contributed by atoms with Crippen LogP contribution in [-0.2, 0) is 28.5 Å². The number of hydrogen-bond donors (Lipinski definition) is 0. The van der Waals surface area contributed by atoms with Crippen LogP contribution in [0.2, 0.25) is 0 Å². The van der Waals surface area contributed by atoms with Crippen LogP contribution in [-0.4, -0.2) is 43.7 Å². The van der Waals surface area contributed by atoms with Crippen LogP contribution < -0.4 is 0 Å². The number of esters is 2. The van der Waals surface area contributed by atoms with Crippen molar-refractivity contribution in [3.05, 3.63) is 23.3 Å². The first-order valence-corrected chi connectivity index (χ1v) is 12.3. The van der Waals surface area contributed by atoms with Gasteiger partial charge in [0.05, 0.1) is 26.2 Å². The Kier molecular flexibility index (Phi) is 4.37. The lowest BCUT2D eigenvalue weighted by atomic mass is 9.48. The topological polar surface area (TPSA) is 71.1 Å². The average Bonchev–Trinajstić information content (AvgIpc) is 3.47. The van der Waals surface area contributed by atoms with Gasteiger partial charge >= 0.3 is 11.9 Å². The van der Waals surface area contributed by atoms with E-state index in [1.807, 2.05) is 0 Å². The third-order valence-electron chi connectivity index (χ3n) is 10.2. The molecule has 6 heteroatoms. The molecule has 6 atom stereocenters. The Morgan fingerprint density at radius 3 is 2.59 bits per heavy atom. The van der Waals surface area contributed by atoms with Crippen LogP contribution in [0.15, 0.2) is 23.3 Å². The van der Waals surface area contributed by atoms with Crippen molar-refractivity contribution in [1.29, 1.82) is 0 Å². The van der Waals surface area contributed by atoms with Gasteiger partial charge < -0.3 is 18.9 Å². The van der Waals surface area contributed by atoms with Crippen LogP contribution in [0, 0.1) is 28.6 Å². The molecule has 174 valence electrons. The van der Waals surface area contributed by atoms with Crippen LogP contribution in [0.5, 0.6) is 0 Å². The monoisotopic (exact) mass is 442 g/mol. The van der Waals surface area contributed by atoms with Gasteiger partial charge in [-0.2, -0.15) is 0 Å². The van der Waals surface area contributed by atoms with Gasteiger partial charge in [0, 0.05) is 36.0 Å². The summed E-state index contributed by atoms with van der Waals surface area (Å²) in [7, 11) is 1.49. The zero-order valence-corrected chi connectivity index (χ0v) is 19.4. The van der Waals surface area contributed by atoms with Gasteiger partial charge in [-0.25, -0.2) is 0 Å². The molecular weight excluding hydrogens is 408 g/mol. The summed E-state index contributed by atoms with van der Waals surface area (Å²) in [5, 5.41) is 0. The van der Waals surface area contributed by atoms with Gasteiger partial charge in [0.1, 0.15) is 5.60 Å². The normalized spacial score (nSPS) is 46.2. The molecule has 0 amide bonds. The lowest BCUT2D eigenvalue weighted by Crippen LogP contribution is -2.54. The standard InChI is InChI=1S/C26H34O6/c1-23-10-11-26(30-12-13-31-26)15-16(23)14-17(22(28)29-3)21-18(23)4-7-24(2)19(21)5-8-25(24)9-6-20(27)32-25/h4,14,17,19,21H,5-13,15H2,1-3H3. The maximum Gasteiger partial charge on any atom is 0.313 e. The summed E-state index contributed by atoms with van der Waals surface area (Å²) in [5.41, 5.74) is 2.03. The van der Waals surface area contributed by atoms with E-state index in [0.29, 0.717) is 32.0 Å². The lowest BCUT2D eigenvalue weighted by molar-refractivity contribution is -0.177. The van der Waals surface area contributed by atoms with Crippen molar-refractivity contribution in [3.8, 4) is 0 Å². The van der Waals surface area contributed by atoms with Crippen molar-refractivity contribution in [2.45, 2.75) is 76.6 Å². The van der Waals surface area contributed by atoms with E-state index in [4.69, 9.17) is 18.9 Å². The van der Waals surface area contributed by atoms with Crippen molar-refractivity contribution in [3.63, 3.8) is 0 Å². The minimum absolute atomic E-state index is 0.0712. The summed E-state index contributed by atoms with van der Waals surface area (Å²) in [6, 6.07) is 0. The molecule has 0 aromatic heterocycles. The Hall–Kier alpha value is -1.66. The van der Waals surface area contributed by atoms with Gasteiger partial charge in [0.15, 0.2) is 5.79 Å². The number of ether oxygens (including phenoxy) is 4. The third-order valence-corrected chi connectivity index (χ3v) is 10.2. The van der Waals surface area contributed by atoms with Crippen molar-refractivity contribution in [2.24, 2.45) is 28.6 Å². The zero-order chi connectivity index (χ0) is 22.4. The fourth-order valence-corrected chi connectivity index (χ4v) is 8.32. The number of methoxy groups -OCH3 is 1. The number of rotatable bonds is 1. The fraction of sp³-hybridized carbons (Fsp3) is 0.769. The largest absolute Gasteiger partial charge is 0.469 e. The predicted molar refractivity (Wildman–Crippen MR) is 115 cm³/mol. The molecule has 2 heterocycles. The molecule has 6 rings (SSSR count). The van der Waals surface area contributed by atoms with E-state index in [2.05, 4.69) is 26.0 Å². The molecule has 2 aliphatic heterocycles. The average molecular weight is 443 g/mol. The predicted octanol–water partition coefficient (Wildman–Crippen LogP) is 4.09. The Morgan fingerprint density at radius 2 is 1.91 bits per heavy atom. The summed E-state index contributed by atoms with van der Waals surface area (Å²) in [6.45, 7) is 5.91. The highest BCUT2D eigenvalue weighted by atomic mass is 16.7. The number of fused-ring (bicyclic) bond motifs is 6. The molecule has 6 aliphatic rings. The summed E-state index contributed by atoms with van der Waals surface area (Å²) in [5.74, 6) is -0.703. The Bertz CT molecular complexity index is 929. The van der Waals surface area contributed by atoms with Crippen LogP contribution in [0.4, 0.5) is 0 Å². The minimum Gasteiger partial charge on any atom is -0.469 e. The second kappa shape index (κ2) is 6.69. The Labute approximate surface area is 189 Å². The van der Waals surface area contributed by atoms with Crippen LogP contribution in [0.1, 0.15) is 65.2 Å². The summed E-state index contributed by atoms with van der Waals surface area (Å²) in [4.78, 5) is 25.3. The van der Waals surface area contributed by atoms with Crippen LogP contribution >= 0.6 is 0 Å². The molecule has 0 radical (unpaired) electrons. The molecule has 6 nitrogen and oxygen atoms in total. The number of hydrogen-bond acceptors (Lipinski definition) is 6. The Morgan fingerprint density at radius 1 is 1.12 bits per heavy atom. The first-order valence-electron chi connectivity index (χ1n) is 12.3.